The fourth-order valence-corrected chi connectivity index (χ4v) is 4.00. The number of aromatic nitrogens is 3. The number of carbonyl (C=O) groups is 1. The Morgan fingerprint density at radius 2 is 1.91 bits per heavy atom. The van der Waals surface area contributed by atoms with Crippen LogP contribution in [0.2, 0.25) is 5.02 Å². The second-order valence-corrected chi connectivity index (χ2v) is 8.47. The fraction of sp³-hybridized carbons (Fsp3) is 0.200. The van der Waals surface area contributed by atoms with Gasteiger partial charge in [-0.25, -0.2) is 9.78 Å². The monoisotopic (exact) mass is 462 g/mol. The minimum Gasteiger partial charge on any atom is -0.478 e. The minimum absolute atomic E-state index is 0.170. The molecular formula is C25H23ClN4O3. The topological polar surface area (TPSA) is 96.6 Å². The van der Waals surface area contributed by atoms with E-state index in [2.05, 4.69) is 10.3 Å². The van der Waals surface area contributed by atoms with Crippen LogP contribution in [-0.4, -0.2) is 25.4 Å². The smallest absolute Gasteiger partial charge is 0.337 e. The van der Waals surface area contributed by atoms with Gasteiger partial charge in [-0.2, -0.15) is 0 Å². The van der Waals surface area contributed by atoms with Crippen molar-refractivity contribution in [2.75, 3.05) is 5.32 Å². The Bertz CT molecular complexity index is 1460. The van der Waals surface area contributed by atoms with Crippen LogP contribution in [-0.2, 0) is 0 Å². The zero-order chi connectivity index (χ0) is 23.9. The molecule has 4 aromatic rings. The number of para-hydroxylation sites is 1. The highest BCUT2D eigenvalue weighted by Crippen LogP contribution is 2.28. The zero-order valence-electron chi connectivity index (χ0n) is 18.7. The Labute approximate surface area is 195 Å². The molecule has 3 aromatic heterocycles. The van der Waals surface area contributed by atoms with E-state index in [1.807, 2.05) is 26.8 Å². The molecule has 0 bridgehead atoms. The molecule has 0 unspecified atom stereocenters. The summed E-state index contributed by atoms with van der Waals surface area (Å²) >= 11 is 6.28. The summed E-state index contributed by atoms with van der Waals surface area (Å²) in [5, 5.41) is 13.3. The Kier molecular flexibility index (Phi) is 5.91. The van der Waals surface area contributed by atoms with E-state index in [4.69, 9.17) is 16.6 Å². The van der Waals surface area contributed by atoms with Gasteiger partial charge >= 0.3 is 5.97 Å². The number of rotatable bonds is 5. The maximum absolute atomic E-state index is 13.3. The maximum Gasteiger partial charge on any atom is 0.337 e. The third-order valence-corrected chi connectivity index (χ3v) is 5.99. The first-order valence-electron chi connectivity index (χ1n) is 10.4. The first-order valence-corrected chi connectivity index (χ1v) is 10.8. The number of pyridine rings is 2. The van der Waals surface area contributed by atoms with Gasteiger partial charge in [0.05, 0.1) is 28.0 Å². The number of halogens is 1. The molecule has 3 heterocycles. The number of anilines is 1. The summed E-state index contributed by atoms with van der Waals surface area (Å²) in [6.45, 7) is 7.35. The number of aryl methyl sites for hydroxylation is 2. The molecule has 0 aliphatic rings. The summed E-state index contributed by atoms with van der Waals surface area (Å²) in [5.41, 5.74) is 4.96. The van der Waals surface area contributed by atoms with Crippen molar-refractivity contribution >= 4 is 28.9 Å². The second kappa shape index (κ2) is 8.67. The van der Waals surface area contributed by atoms with Gasteiger partial charge in [-0.1, -0.05) is 23.7 Å². The predicted octanol–water partition coefficient (Wildman–Crippen LogP) is 5.21. The summed E-state index contributed by atoms with van der Waals surface area (Å²) in [6, 6.07) is 10.1. The van der Waals surface area contributed by atoms with E-state index in [9.17, 15) is 14.7 Å². The predicted molar refractivity (Wildman–Crippen MR) is 129 cm³/mol. The van der Waals surface area contributed by atoms with Crippen molar-refractivity contribution in [1.82, 2.24) is 14.4 Å². The van der Waals surface area contributed by atoms with E-state index < -0.39 is 5.97 Å². The molecule has 0 spiro atoms. The molecule has 1 aromatic carbocycles. The highest BCUT2D eigenvalue weighted by Gasteiger charge is 2.19. The van der Waals surface area contributed by atoms with E-state index >= 15 is 0 Å². The molecule has 7 nitrogen and oxygen atoms in total. The molecule has 0 saturated carbocycles. The van der Waals surface area contributed by atoms with E-state index in [0.29, 0.717) is 38.9 Å². The summed E-state index contributed by atoms with van der Waals surface area (Å²) in [7, 11) is 0. The van der Waals surface area contributed by atoms with Gasteiger partial charge in [-0.05, 0) is 57.5 Å². The van der Waals surface area contributed by atoms with Crippen LogP contribution in [0.15, 0.2) is 53.6 Å². The zero-order valence-corrected chi connectivity index (χ0v) is 19.4. The lowest BCUT2D eigenvalue weighted by Gasteiger charge is -2.20. The fourth-order valence-electron chi connectivity index (χ4n) is 3.84. The van der Waals surface area contributed by atoms with Crippen molar-refractivity contribution < 1.29 is 9.90 Å². The average Bonchev–Trinajstić information content (AvgIpc) is 2.78. The normalized spacial score (nSPS) is 12.0. The molecule has 168 valence electrons. The van der Waals surface area contributed by atoms with Gasteiger partial charge in [0.2, 0.25) is 0 Å². The third-order valence-electron chi connectivity index (χ3n) is 5.61. The van der Waals surface area contributed by atoms with Crippen molar-refractivity contribution in [2.24, 2.45) is 0 Å². The molecule has 1 atom stereocenters. The number of fused-ring (bicyclic) bond motifs is 1. The molecule has 33 heavy (non-hydrogen) atoms. The molecule has 4 rings (SSSR count). The van der Waals surface area contributed by atoms with Gasteiger partial charge in [-0.3, -0.25) is 14.2 Å². The number of nitrogens with one attached hydrogen (secondary N) is 1. The van der Waals surface area contributed by atoms with Crippen molar-refractivity contribution in [3.63, 3.8) is 0 Å². The molecule has 0 amide bonds. The van der Waals surface area contributed by atoms with Gasteiger partial charge in [-0.15, -0.1) is 0 Å². The van der Waals surface area contributed by atoms with Gasteiger partial charge in [0.15, 0.2) is 0 Å². The van der Waals surface area contributed by atoms with Gasteiger partial charge in [0.25, 0.3) is 5.56 Å². The van der Waals surface area contributed by atoms with E-state index in [-0.39, 0.29) is 17.2 Å². The quantitative estimate of drug-likeness (QED) is 0.422. The van der Waals surface area contributed by atoms with Crippen LogP contribution >= 0.6 is 11.6 Å². The highest BCUT2D eigenvalue weighted by atomic mass is 35.5. The average molecular weight is 463 g/mol. The number of carboxylic acid groups (broad SMARTS) is 1. The van der Waals surface area contributed by atoms with Crippen LogP contribution in [0.25, 0.3) is 16.9 Å². The summed E-state index contributed by atoms with van der Waals surface area (Å²) in [5.74, 6) is -1.02. The van der Waals surface area contributed by atoms with E-state index in [0.717, 1.165) is 11.1 Å². The minimum atomic E-state index is -1.02. The number of carboxylic acids is 1. The Morgan fingerprint density at radius 1 is 1.18 bits per heavy atom. The number of hydrogen-bond donors (Lipinski definition) is 2. The van der Waals surface area contributed by atoms with Gasteiger partial charge in [0.1, 0.15) is 5.65 Å². The summed E-state index contributed by atoms with van der Waals surface area (Å²) in [4.78, 5) is 34.1. The lowest BCUT2D eigenvalue weighted by Crippen LogP contribution is -2.22. The van der Waals surface area contributed by atoms with Crippen molar-refractivity contribution in [3.05, 3.63) is 92.1 Å². The second-order valence-electron chi connectivity index (χ2n) is 8.06. The number of hydrogen-bond acceptors (Lipinski definition) is 5. The first kappa shape index (κ1) is 22.5. The first-order chi connectivity index (χ1) is 15.7. The molecule has 0 aliphatic heterocycles. The maximum atomic E-state index is 13.3. The Balaban J connectivity index is 1.90. The van der Waals surface area contributed by atoms with Crippen LogP contribution < -0.4 is 10.9 Å². The van der Waals surface area contributed by atoms with Crippen molar-refractivity contribution in [2.45, 2.75) is 33.7 Å². The molecule has 0 radical (unpaired) electrons. The third kappa shape index (κ3) is 4.19. The van der Waals surface area contributed by atoms with Crippen LogP contribution in [0, 0.1) is 20.8 Å². The SMILES string of the molecule is Cc1cc([C@H](C)Nc2ccccc2C(=O)O)c2nc(-c3cnc(C)c(Cl)c3)c(C)c(=O)n2c1. The Morgan fingerprint density at radius 3 is 2.61 bits per heavy atom. The van der Waals surface area contributed by atoms with Crippen LogP contribution in [0.1, 0.15) is 45.7 Å². The highest BCUT2D eigenvalue weighted by molar-refractivity contribution is 6.31. The summed E-state index contributed by atoms with van der Waals surface area (Å²) < 4.78 is 1.54. The van der Waals surface area contributed by atoms with Crippen molar-refractivity contribution in [1.29, 1.82) is 0 Å². The van der Waals surface area contributed by atoms with Gasteiger partial charge in [0, 0.05) is 34.8 Å². The molecule has 2 N–H and O–H groups in total. The molecule has 0 aliphatic carbocycles. The Hall–Kier alpha value is -3.71. The number of nitrogens with zero attached hydrogens (tertiary/aromatic N) is 3. The van der Waals surface area contributed by atoms with Crippen molar-refractivity contribution in [3.8, 4) is 11.3 Å². The molecule has 0 fully saturated rings. The number of benzene rings is 1. The van der Waals surface area contributed by atoms with E-state index in [1.165, 1.54) is 4.40 Å². The lowest BCUT2D eigenvalue weighted by atomic mass is 10.0. The van der Waals surface area contributed by atoms with E-state index in [1.54, 1.807) is 49.6 Å². The van der Waals surface area contributed by atoms with Crippen LogP contribution in [0.5, 0.6) is 0 Å². The molecular weight excluding hydrogens is 440 g/mol. The largest absolute Gasteiger partial charge is 0.478 e. The van der Waals surface area contributed by atoms with Gasteiger partial charge < -0.3 is 10.4 Å². The number of aromatic carboxylic acids is 1. The standard InChI is InChI=1S/C25H23ClN4O3/c1-13-9-19(15(3)28-21-8-6-5-7-18(21)25(32)33)23-29-22(14(2)24(31)30(23)12-13)17-10-20(26)16(4)27-11-17/h5-12,15,28H,1-4H3,(H,32,33)/t15-/m0/s1. The summed E-state index contributed by atoms with van der Waals surface area (Å²) in [6.07, 6.45) is 3.41. The molecule has 0 saturated heterocycles. The van der Waals surface area contributed by atoms with Crippen LogP contribution in [0.4, 0.5) is 5.69 Å². The lowest BCUT2D eigenvalue weighted by molar-refractivity contribution is 0.0698. The van der Waals surface area contributed by atoms with Crippen LogP contribution in [0.3, 0.4) is 0 Å². The molecule has 8 heteroatoms.